The van der Waals surface area contributed by atoms with Crippen LogP contribution < -0.4 is 0 Å². The number of carbonyl (C=O) groups is 3. The zero-order valence-corrected chi connectivity index (χ0v) is 11.0. The quantitative estimate of drug-likeness (QED) is 0.683. The molecule has 0 saturated carbocycles. The summed E-state index contributed by atoms with van der Waals surface area (Å²) in [4.78, 5) is 34.8. The van der Waals surface area contributed by atoms with Crippen molar-refractivity contribution < 1.29 is 24.6 Å². The smallest absolute Gasteiger partial charge is 0.326 e. The molecule has 0 spiro atoms. The fourth-order valence-corrected chi connectivity index (χ4v) is 1.65. The molecular weight excluding hydrogens is 238 g/mol. The Bertz CT molecular complexity index is 314. The van der Waals surface area contributed by atoms with Gasteiger partial charge < -0.3 is 15.1 Å². The van der Waals surface area contributed by atoms with E-state index in [9.17, 15) is 14.4 Å². The summed E-state index contributed by atoms with van der Waals surface area (Å²) in [6, 6.07) is -0.941. The molecule has 1 unspecified atom stereocenters. The molecule has 1 atom stereocenters. The third kappa shape index (κ3) is 5.16. The Hall–Kier alpha value is -1.59. The number of nitrogens with zero attached hydrogens (tertiary/aromatic N) is 1. The predicted molar refractivity (Wildman–Crippen MR) is 65.1 cm³/mol. The highest BCUT2D eigenvalue weighted by Crippen LogP contribution is 2.13. The Morgan fingerprint density at radius 2 is 1.72 bits per heavy atom. The normalized spacial score (nSPS) is 12.2. The van der Waals surface area contributed by atoms with Gasteiger partial charge in [0.1, 0.15) is 6.04 Å². The molecule has 2 N–H and O–H groups in total. The van der Waals surface area contributed by atoms with Crippen LogP contribution in [-0.4, -0.2) is 45.5 Å². The van der Waals surface area contributed by atoms with Gasteiger partial charge in [-0.2, -0.15) is 0 Å². The number of aliphatic carboxylic acids is 2. The summed E-state index contributed by atoms with van der Waals surface area (Å²) < 4.78 is 0. The largest absolute Gasteiger partial charge is 0.481 e. The number of carbonyl (C=O) groups excluding carboxylic acids is 1. The first-order valence-corrected chi connectivity index (χ1v) is 6.06. The van der Waals surface area contributed by atoms with Crippen LogP contribution in [0.1, 0.15) is 40.0 Å². The molecular formula is C12H21NO5. The summed E-state index contributed by atoms with van der Waals surface area (Å²) in [6.45, 7) is 5.09. The van der Waals surface area contributed by atoms with Gasteiger partial charge in [0, 0.05) is 12.5 Å². The van der Waals surface area contributed by atoms with E-state index >= 15 is 0 Å². The van der Waals surface area contributed by atoms with Crippen LogP contribution in [0.2, 0.25) is 0 Å². The second kappa shape index (κ2) is 7.68. The van der Waals surface area contributed by atoms with E-state index < -0.39 is 18.0 Å². The van der Waals surface area contributed by atoms with Crippen molar-refractivity contribution >= 4 is 17.8 Å². The first kappa shape index (κ1) is 16.4. The van der Waals surface area contributed by atoms with E-state index in [0.29, 0.717) is 12.8 Å². The van der Waals surface area contributed by atoms with Gasteiger partial charge in [0.2, 0.25) is 5.91 Å². The third-order valence-electron chi connectivity index (χ3n) is 2.57. The minimum atomic E-state index is -1.09. The first-order valence-electron chi connectivity index (χ1n) is 6.06. The Morgan fingerprint density at radius 1 is 1.17 bits per heavy atom. The summed E-state index contributed by atoms with van der Waals surface area (Å²) in [5.74, 6) is -2.80. The highest BCUT2D eigenvalue weighted by atomic mass is 16.4. The molecule has 6 heteroatoms. The summed E-state index contributed by atoms with van der Waals surface area (Å²) in [5.41, 5.74) is 0. The number of carboxylic acids is 2. The minimum Gasteiger partial charge on any atom is -0.481 e. The van der Waals surface area contributed by atoms with Crippen LogP contribution in [0.3, 0.4) is 0 Å². The lowest BCUT2D eigenvalue weighted by atomic mass is 10.1. The number of carboxylic acid groups (broad SMARTS) is 2. The zero-order valence-electron chi connectivity index (χ0n) is 11.0. The van der Waals surface area contributed by atoms with Crippen molar-refractivity contribution in [3.8, 4) is 0 Å². The lowest BCUT2D eigenvalue weighted by Gasteiger charge is -2.30. The number of rotatable bonds is 8. The topological polar surface area (TPSA) is 94.9 Å². The van der Waals surface area contributed by atoms with Gasteiger partial charge in [-0.25, -0.2) is 4.79 Å². The maximum Gasteiger partial charge on any atom is 0.326 e. The first-order chi connectivity index (χ1) is 8.31. The molecule has 0 aliphatic heterocycles. The monoisotopic (exact) mass is 259 g/mol. The van der Waals surface area contributed by atoms with E-state index in [-0.39, 0.29) is 24.8 Å². The molecule has 0 rings (SSSR count). The molecule has 0 fully saturated rings. The van der Waals surface area contributed by atoms with Crippen molar-refractivity contribution in [3.63, 3.8) is 0 Å². The molecule has 104 valence electrons. The fourth-order valence-electron chi connectivity index (χ4n) is 1.65. The van der Waals surface area contributed by atoms with E-state index in [0.717, 1.165) is 0 Å². The van der Waals surface area contributed by atoms with Gasteiger partial charge in [0.05, 0.1) is 6.42 Å². The van der Waals surface area contributed by atoms with E-state index in [1.807, 2.05) is 6.92 Å². The molecule has 0 aliphatic carbocycles. The summed E-state index contributed by atoms with van der Waals surface area (Å²) >= 11 is 0. The minimum absolute atomic E-state index is 0.0662. The van der Waals surface area contributed by atoms with Crippen molar-refractivity contribution in [3.05, 3.63) is 0 Å². The van der Waals surface area contributed by atoms with E-state index in [1.54, 1.807) is 13.8 Å². The van der Waals surface area contributed by atoms with Crippen LogP contribution in [0.4, 0.5) is 0 Å². The molecule has 6 nitrogen and oxygen atoms in total. The lowest BCUT2D eigenvalue weighted by Crippen LogP contribution is -2.47. The van der Waals surface area contributed by atoms with Gasteiger partial charge in [-0.05, 0) is 6.42 Å². The SMILES string of the molecule is CCCC(C(=O)O)N(CCC(=O)O)C(=O)C(C)C. The molecule has 0 aromatic rings. The van der Waals surface area contributed by atoms with Gasteiger partial charge >= 0.3 is 11.9 Å². The maximum atomic E-state index is 11.9. The van der Waals surface area contributed by atoms with Crippen LogP contribution >= 0.6 is 0 Å². The Balaban J connectivity index is 4.96. The highest BCUT2D eigenvalue weighted by Gasteiger charge is 2.30. The van der Waals surface area contributed by atoms with Gasteiger partial charge in [-0.15, -0.1) is 0 Å². The Kier molecular flexibility index (Phi) is 7.00. The Morgan fingerprint density at radius 3 is 2.06 bits per heavy atom. The summed E-state index contributed by atoms with van der Waals surface area (Å²) in [6.07, 6.45) is 0.700. The van der Waals surface area contributed by atoms with Gasteiger partial charge in [-0.3, -0.25) is 9.59 Å². The maximum absolute atomic E-state index is 11.9. The molecule has 1 amide bonds. The molecule has 0 saturated heterocycles. The Labute approximate surface area is 107 Å². The summed E-state index contributed by atoms with van der Waals surface area (Å²) in [5, 5.41) is 17.8. The predicted octanol–water partition coefficient (Wildman–Crippen LogP) is 1.20. The molecule has 0 heterocycles. The third-order valence-corrected chi connectivity index (χ3v) is 2.57. The molecule has 0 aromatic carbocycles. The second-order valence-corrected chi connectivity index (χ2v) is 4.47. The fraction of sp³-hybridized carbons (Fsp3) is 0.750. The van der Waals surface area contributed by atoms with Crippen LogP contribution in [-0.2, 0) is 14.4 Å². The number of hydrogen-bond acceptors (Lipinski definition) is 3. The van der Waals surface area contributed by atoms with E-state index in [2.05, 4.69) is 0 Å². The van der Waals surface area contributed by atoms with Crippen molar-refractivity contribution in [2.24, 2.45) is 5.92 Å². The molecule has 0 aliphatic rings. The van der Waals surface area contributed by atoms with E-state index in [1.165, 1.54) is 4.90 Å². The van der Waals surface area contributed by atoms with Crippen molar-refractivity contribution in [1.82, 2.24) is 4.90 Å². The lowest BCUT2D eigenvalue weighted by molar-refractivity contribution is -0.153. The molecule has 18 heavy (non-hydrogen) atoms. The standard InChI is InChI=1S/C12H21NO5/c1-4-5-9(12(17)18)13(7-6-10(14)15)11(16)8(2)3/h8-9H,4-7H2,1-3H3,(H,14,15)(H,17,18). The van der Waals surface area contributed by atoms with Crippen molar-refractivity contribution in [2.75, 3.05) is 6.54 Å². The van der Waals surface area contributed by atoms with Crippen LogP contribution in [0.25, 0.3) is 0 Å². The molecule has 0 bridgehead atoms. The van der Waals surface area contributed by atoms with Crippen molar-refractivity contribution in [1.29, 1.82) is 0 Å². The summed E-state index contributed by atoms with van der Waals surface area (Å²) in [7, 11) is 0. The molecule has 0 aromatic heterocycles. The molecule has 0 radical (unpaired) electrons. The van der Waals surface area contributed by atoms with Crippen LogP contribution in [0.5, 0.6) is 0 Å². The average molecular weight is 259 g/mol. The van der Waals surface area contributed by atoms with Crippen molar-refractivity contribution in [2.45, 2.75) is 46.1 Å². The average Bonchev–Trinajstić information content (AvgIpc) is 2.26. The highest BCUT2D eigenvalue weighted by molar-refractivity contribution is 5.85. The van der Waals surface area contributed by atoms with Crippen LogP contribution in [0, 0.1) is 5.92 Å². The van der Waals surface area contributed by atoms with Crippen LogP contribution in [0.15, 0.2) is 0 Å². The van der Waals surface area contributed by atoms with E-state index in [4.69, 9.17) is 10.2 Å². The van der Waals surface area contributed by atoms with Gasteiger partial charge in [-0.1, -0.05) is 27.2 Å². The second-order valence-electron chi connectivity index (χ2n) is 4.47. The van der Waals surface area contributed by atoms with Gasteiger partial charge in [0.25, 0.3) is 0 Å². The zero-order chi connectivity index (χ0) is 14.3. The number of hydrogen-bond donors (Lipinski definition) is 2. The number of amides is 1. The van der Waals surface area contributed by atoms with Gasteiger partial charge in [0.15, 0.2) is 0 Å².